The highest BCUT2D eigenvalue weighted by Gasteiger charge is 2.43. The highest BCUT2D eigenvalue weighted by molar-refractivity contribution is 6.25. The lowest BCUT2D eigenvalue weighted by Crippen LogP contribution is -2.48. The van der Waals surface area contributed by atoms with Crippen LogP contribution >= 0.6 is 0 Å². The molecule has 0 bridgehead atoms. The van der Waals surface area contributed by atoms with Crippen molar-refractivity contribution in [2.24, 2.45) is 16.9 Å². The number of hydrazone groups is 1. The van der Waals surface area contributed by atoms with Crippen LogP contribution < -0.4 is 10.6 Å². The van der Waals surface area contributed by atoms with Crippen molar-refractivity contribution >= 4 is 47.7 Å². The molecule has 0 aliphatic carbocycles. The quantitative estimate of drug-likeness (QED) is 0.195. The molecule has 3 unspecified atom stereocenters. The molecular formula is C40H56N6O6. The van der Waals surface area contributed by atoms with Gasteiger partial charge in [0.1, 0.15) is 12.3 Å². The second-order valence-electron chi connectivity index (χ2n) is 13.0. The Kier molecular flexibility index (Phi) is 16.7. The molecule has 282 valence electrons. The van der Waals surface area contributed by atoms with Crippen molar-refractivity contribution in [3.63, 3.8) is 0 Å². The fourth-order valence-corrected chi connectivity index (χ4v) is 6.86. The third-order valence-electron chi connectivity index (χ3n) is 9.47. The summed E-state index contributed by atoms with van der Waals surface area (Å²) < 4.78 is 0. The average Bonchev–Trinajstić information content (AvgIpc) is 3.76. The van der Waals surface area contributed by atoms with E-state index in [1.165, 1.54) is 7.05 Å². The second kappa shape index (κ2) is 20.8. The van der Waals surface area contributed by atoms with Gasteiger partial charge in [-0.1, -0.05) is 76.9 Å². The normalized spacial score (nSPS) is 17.7. The largest absolute Gasteiger partial charge is 0.385 e. The number of amides is 5. The summed E-state index contributed by atoms with van der Waals surface area (Å²) in [4.78, 5) is 76.4. The summed E-state index contributed by atoms with van der Waals surface area (Å²) >= 11 is 0. The van der Waals surface area contributed by atoms with Gasteiger partial charge in [0.25, 0.3) is 11.8 Å². The molecular weight excluding hydrogens is 660 g/mol. The summed E-state index contributed by atoms with van der Waals surface area (Å²) in [6, 6.07) is 14.1. The highest BCUT2D eigenvalue weighted by atomic mass is 16.2. The summed E-state index contributed by atoms with van der Waals surface area (Å²) in [7, 11) is 1.43. The molecule has 12 heteroatoms. The zero-order chi connectivity index (χ0) is 38.2. The van der Waals surface area contributed by atoms with Crippen molar-refractivity contribution in [2.45, 2.75) is 98.1 Å². The van der Waals surface area contributed by atoms with E-state index in [0.717, 1.165) is 42.6 Å². The van der Waals surface area contributed by atoms with Gasteiger partial charge in [-0.15, -0.1) is 0 Å². The molecule has 2 N–H and O–H groups in total. The summed E-state index contributed by atoms with van der Waals surface area (Å²) in [5.41, 5.74) is 2.24. The number of imide groups is 1. The fraction of sp³-hybridized carbons (Fsp3) is 0.525. The molecule has 3 atom stereocenters. The molecule has 2 aromatic rings. The van der Waals surface area contributed by atoms with E-state index < -0.39 is 23.8 Å². The van der Waals surface area contributed by atoms with E-state index in [4.69, 9.17) is 0 Å². The molecule has 0 aromatic heterocycles. The van der Waals surface area contributed by atoms with Crippen molar-refractivity contribution in [3.8, 4) is 0 Å². The molecule has 0 saturated carbocycles. The van der Waals surface area contributed by atoms with E-state index in [2.05, 4.69) is 41.7 Å². The van der Waals surface area contributed by atoms with Crippen LogP contribution in [-0.4, -0.2) is 89.6 Å². The van der Waals surface area contributed by atoms with Crippen LogP contribution in [0.2, 0.25) is 0 Å². The molecule has 0 spiro atoms. The molecule has 1 saturated heterocycles. The molecule has 2 aromatic carbocycles. The van der Waals surface area contributed by atoms with Gasteiger partial charge in [0.2, 0.25) is 17.7 Å². The van der Waals surface area contributed by atoms with Gasteiger partial charge in [-0.3, -0.25) is 28.9 Å². The maximum absolute atomic E-state index is 13.0. The lowest BCUT2D eigenvalue weighted by atomic mass is 9.93. The number of carbonyl (C=O) groups excluding carboxylic acids is 6. The number of anilines is 1. The second-order valence-corrected chi connectivity index (χ2v) is 13.0. The van der Waals surface area contributed by atoms with Crippen LogP contribution in [0.4, 0.5) is 5.69 Å². The van der Waals surface area contributed by atoms with Crippen LogP contribution in [0.15, 0.2) is 53.6 Å². The number of hydrogen-bond acceptors (Lipinski definition) is 8. The Morgan fingerprint density at radius 1 is 0.962 bits per heavy atom. The predicted octanol–water partition coefficient (Wildman–Crippen LogP) is 5.85. The smallest absolute Gasteiger partial charge is 0.264 e. The molecule has 5 rings (SSSR count). The van der Waals surface area contributed by atoms with Crippen LogP contribution in [0.3, 0.4) is 0 Å². The van der Waals surface area contributed by atoms with E-state index in [9.17, 15) is 28.8 Å². The van der Waals surface area contributed by atoms with Crippen molar-refractivity contribution < 1.29 is 28.8 Å². The minimum atomic E-state index is -0.993. The van der Waals surface area contributed by atoms with Gasteiger partial charge in [0, 0.05) is 63.8 Å². The highest BCUT2D eigenvalue weighted by Crippen LogP contribution is 2.33. The van der Waals surface area contributed by atoms with E-state index in [0.29, 0.717) is 43.9 Å². The molecule has 3 aliphatic rings. The van der Waals surface area contributed by atoms with E-state index in [1.54, 1.807) is 23.2 Å². The molecule has 3 aliphatic heterocycles. The maximum Gasteiger partial charge on any atom is 0.264 e. The van der Waals surface area contributed by atoms with Crippen LogP contribution in [0.1, 0.15) is 118 Å². The van der Waals surface area contributed by atoms with Crippen LogP contribution in [-0.2, 0) is 19.2 Å². The first-order valence-electron chi connectivity index (χ1n) is 18.7. The zero-order valence-corrected chi connectivity index (χ0v) is 31.6. The van der Waals surface area contributed by atoms with E-state index in [-0.39, 0.29) is 47.7 Å². The van der Waals surface area contributed by atoms with Gasteiger partial charge >= 0.3 is 0 Å². The Morgan fingerprint density at radius 2 is 1.65 bits per heavy atom. The fourth-order valence-electron chi connectivity index (χ4n) is 6.86. The third kappa shape index (κ3) is 10.1. The standard InChI is InChI=1S/C22H31N3O2.C16H19N3O4.C2H6/c1-3-7-17(2)16-21(26)24-14-11-19(12-15-24)22(27)25-20(10-13-23-25)18-8-5-4-6-9-18;1-3-18-11-7-4-6-10-13(11)16(23)19(15(10)22)12(8-5-9-20)14(21)17-2;1-2/h4-6,8-9,13,17,19-20H,3,7,10-12,14-16H2,1-2H3;4,6-7,9,12,18H,3,5,8H2,1-2H3,(H,17,21);1-2H3. The number of benzene rings is 2. The summed E-state index contributed by atoms with van der Waals surface area (Å²) in [6.07, 6.45) is 7.76. The Labute approximate surface area is 308 Å². The zero-order valence-electron chi connectivity index (χ0n) is 31.6. The van der Waals surface area contributed by atoms with Crippen molar-refractivity contribution in [2.75, 3.05) is 32.0 Å². The van der Waals surface area contributed by atoms with Gasteiger partial charge < -0.3 is 20.3 Å². The Bertz CT molecular complexity index is 1550. The third-order valence-corrected chi connectivity index (χ3v) is 9.47. The van der Waals surface area contributed by atoms with Gasteiger partial charge in [-0.25, -0.2) is 5.01 Å². The summed E-state index contributed by atoms with van der Waals surface area (Å²) in [6.45, 7) is 12.1. The maximum atomic E-state index is 13.0. The number of likely N-dealkylation sites (tertiary alicyclic amines) is 1. The van der Waals surface area contributed by atoms with Gasteiger partial charge in [0.15, 0.2) is 0 Å². The number of hydrogen-bond donors (Lipinski definition) is 2. The van der Waals surface area contributed by atoms with Crippen molar-refractivity contribution in [3.05, 3.63) is 65.2 Å². The Balaban J connectivity index is 0.000000271. The van der Waals surface area contributed by atoms with Crippen LogP contribution in [0.5, 0.6) is 0 Å². The lowest BCUT2D eigenvalue weighted by molar-refractivity contribution is -0.142. The van der Waals surface area contributed by atoms with Crippen LogP contribution in [0, 0.1) is 11.8 Å². The Morgan fingerprint density at radius 3 is 2.27 bits per heavy atom. The number of nitrogens with zero attached hydrogens (tertiary/aromatic N) is 4. The number of likely N-dealkylation sites (N-methyl/N-ethyl adjacent to an activating group) is 1. The number of carbonyl (C=O) groups is 6. The van der Waals surface area contributed by atoms with E-state index >= 15 is 0 Å². The summed E-state index contributed by atoms with van der Waals surface area (Å²) in [5.74, 6) is -0.750. The average molecular weight is 717 g/mol. The number of rotatable bonds is 13. The topological polar surface area (TPSA) is 149 Å². The molecule has 1 fully saturated rings. The van der Waals surface area contributed by atoms with Crippen molar-refractivity contribution in [1.29, 1.82) is 0 Å². The first-order chi connectivity index (χ1) is 25.2. The molecule has 0 radical (unpaired) electrons. The first-order valence-corrected chi connectivity index (χ1v) is 18.7. The van der Waals surface area contributed by atoms with Gasteiger partial charge in [-0.2, -0.15) is 5.10 Å². The number of nitrogens with one attached hydrogen (secondary N) is 2. The molecule has 52 heavy (non-hydrogen) atoms. The van der Waals surface area contributed by atoms with Crippen molar-refractivity contribution in [1.82, 2.24) is 20.1 Å². The molecule has 12 nitrogen and oxygen atoms in total. The Hall–Kier alpha value is -4.87. The van der Waals surface area contributed by atoms with Gasteiger partial charge in [-0.05, 0) is 49.8 Å². The SMILES string of the molecule is CC.CCCC(C)CC(=O)N1CCC(C(=O)N2N=CCC2c2ccccc2)CC1.CCNc1cccc2c1C(=O)N(C(CCC=O)C(=O)NC)C2=O. The number of aldehydes is 1. The first kappa shape index (κ1) is 41.5. The number of fused-ring (bicyclic) bond motifs is 1. The monoisotopic (exact) mass is 716 g/mol. The van der Waals surface area contributed by atoms with Crippen LogP contribution in [0.25, 0.3) is 0 Å². The lowest BCUT2D eigenvalue weighted by Gasteiger charge is -2.34. The van der Waals surface area contributed by atoms with Gasteiger partial charge in [0.05, 0.1) is 17.2 Å². The predicted molar refractivity (Wildman–Crippen MR) is 203 cm³/mol. The summed E-state index contributed by atoms with van der Waals surface area (Å²) in [5, 5.41) is 11.5. The minimum absolute atomic E-state index is 0.00764. The van der Waals surface area contributed by atoms with E-state index in [1.807, 2.05) is 50.1 Å². The molecule has 3 heterocycles. The minimum Gasteiger partial charge on any atom is -0.385 e. The number of piperidine rings is 1. The molecule has 5 amide bonds.